The van der Waals surface area contributed by atoms with Crippen LogP contribution in [0.2, 0.25) is 5.02 Å². The predicted octanol–water partition coefficient (Wildman–Crippen LogP) is 1.43. The highest BCUT2D eigenvalue weighted by molar-refractivity contribution is 6.34. The fraction of sp³-hybridized carbons (Fsp3) is 0.182. The summed E-state index contributed by atoms with van der Waals surface area (Å²) in [7, 11) is 0. The zero-order valence-corrected chi connectivity index (χ0v) is 11.5. The molecule has 0 aliphatic heterocycles. The Morgan fingerprint density at radius 2 is 2.19 bits per heavy atom. The van der Waals surface area contributed by atoms with Gasteiger partial charge in [-0.2, -0.15) is 5.21 Å². The highest BCUT2D eigenvalue weighted by atomic mass is 35.5. The van der Waals surface area contributed by atoms with Crippen molar-refractivity contribution in [2.24, 2.45) is 0 Å². The van der Waals surface area contributed by atoms with Gasteiger partial charge < -0.3 is 15.7 Å². The number of halogens is 1. The second kappa shape index (κ2) is 6.18. The summed E-state index contributed by atoms with van der Waals surface area (Å²) >= 11 is 5.91. The van der Waals surface area contributed by atoms with E-state index < -0.39 is 18.0 Å². The van der Waals surface area contributed by atoms with Gasteiger partial charge in [0.15, 0.2) is 5.82 Å². The molecule has 2 rings (SSSR count). The molecule has 0 fully saturated rings. The Balaban J connectivity index is 2.01. The van der Waals surface area contributed by atoms with Gasteiger partial charge in [-0.1, -0.05) is 16.8 Å². The van der Waals surface area contributed by atoms with Crippen molar-refractivity contribution < 1.29 is 14.7 Å². The highest BCUT2D eigenvalue weighted by Gasteiger charge is 2.14. The summed E-state index contributed by atoms with van der Waals surface area (Å²) in [5.74, 6) is -0.767. The number of tetrazole rings is 1. The van der Waals surface area contributed by atoms with E-state index in [0.717, 1.165) is 0 Å². The molecule has 0 saturated heterocycles. The molecule has 1 aromatic heterocycles. The fourth-order valence-corrected chi connectivity index (χ4v) is 1.75. The van der Waals surface area contributed by atoms with Gasteiger partial charge in [-0.25, -0.2) is 9.59 Å². The molecule has 1 heterocycles. The van der Waals surface area contributed by atoms with Gasteiger partial charge in [0.05, 0.1) is 22.3 Å². The quantitative estimate of drug-likeness (QED) is 0.675. The van der Waals surface area contributed by atoms with Crippen LogP contribution in [0.25, 0.3) is 0 Å². The summed E-state index contributed by atoms with van der Waals surface area (Å²) in [6, 6.07) is 3.01. The maximum absolute atomic E-state index is 11.8. The van der Waals surface area contributed by atoms with Crippen LogP contribution in [0, 0.1) is 0 Å². The average molecular weight is 311 g/mol. The molecule has 0 spiro atoms. The van der Waals surface area contributed by atoms with Crippen molar-refractivity contribution >= 4 is 29.3 Å². The van der Waals surface area contributed by atoms with E-state index in [4.69, 9.17) is 16.7 Å². The number of carbonyl (C=O) groups is 2. The molecule has 2 amide bonds. The maximum atomic E-state index is 11.8. The van der Waals surface area contributed by atoms with Gasteiger partial charge in [0.2, 0.25) is 0 Å². The van der Waals surface area contributed by atoms with E-state index in [1.165, 1.54) is 18.2 Å². The number of nitrogens with one attached hydrogen (secondary N) is 3. The monoisotopic (exact) mass is 310 g/mol. The number of hydrogen-bond donors (Lipinski definition) is 4. The van der Waals surface area contributed by atoms with Crippen LogP contribution >= 0.6 is 11.6 Å². The molecule has 0 aliphatic rings. The Kier molecular flexibility index (Phi) is 4.33. The lowest BCUT2D eigenvalue weighted by Crippen LogP contribution is -2.31. The van der Waals surface area contributed by atoms with Gasteiger partial charge >= 0.3 is 12.0 Å². The number of urea groups is 1. The van der Waals surface area contributed by atoms with E-state index in [9.17, 15) is 9.59 Å². The lowest BCUT2D eigenvalue weighted by Gasteiger charge is -2.12. The molecule has 21 heavy (non-hydrogen) atoms. The minimum atomic E-state index is -1.10. The average Bonchev–Trinajstić information content (AvgIpc) is 2.94. The molecule has 0 radical (unpaired) electrons. The van der Waals surface area contributed by atoms with E-state index in [2.05, 4.69) is 31.3 Å². The molecule has 0 saturated carbocycles. The van der Waals surface area contributed by atoms with Crippen molar-refractivity contribution in [2.45, 2.75) is 13.0 Å². The van der Waals surface area contributed by atoms with Gasteiger partial charge in [0, 0.05) is 0 Å². The molecule has 4 N–H and O–H groups in total. The number of anilines is 1. The molecular formula is C11H11ClN6O3. The number of aromatic carboxylic acids is 1. The third kappa shape index (κ3) is 3.66. The second-order valence-electron chi connectivity index (χ2n) is 4.09. The normalized spacial score (nSPS) is 11.7. The van der Waals surface area contributed by atoms with Crippen molar-refractivity contribution in [2.75, 3.05) is 5.32 Å². The van der Waals surface area contributed by atoms with Crippen LogP contribution in [0.15, 0.2) is 18.2 Å². The third-order valence-electron chi connectivity index (χ3n) is 2.56. The number of carboxylic acid groups (broad SMARTS) is 1. The molecule has 0 bridgehead atoms. The number of benzene rings is 1. The van der Waals surface area contributed by atoms with Crippen LogP contribution in [0.4, 0.5) is 10.5 Å². The number of carbonyl (C=O) groups excluding carboxylic acids is 1. The lowest BCUT2D eigenvalue weighted by atomic mass is 10.2. The molecule has 1 aromatic carbocycles. The number of amides is 2. The Bertz CT molecular complexity index is 660. The number of carboxylic acids is 1. The number of nitrogens with zero attached hydrogens (tertiary/aromatic N) is 3. The van der Waals surface area contributed by atoms with Crippen LogP contribution < -0.4 is 10.6 Å². The largest absolute Gasteiger partial charge is 0.478 e. The molecule has 110 valence electrons. The molecule has 10 heteroatoms. The molecule has 1 unspecified atom stereocenters. The van der Waals surface area contributed by atoms with E-state index >= 15 is 0 Å². The smallest absolute Gasteiger partial charge is 0.335 e. The van der Waals surface area contributed by atoms with Crippen molar-refractivity contribution in [1.29, 1.82) is 0 Å². The summed E-state index contributed by atoms with van der Waals surface area (Å²) in [5.41, 5.74) is 0.325. The van der Waals surface area contributed by atoms with E-state index in [0.29, 0.717) is 11.5 Å². The lowest BCUT2D eigenvalue weighted by molar-refractivity contribution is 0.0697. The van der Waals surface area contributed by atoms with Crippen molar-refractivity contribution in [3.8, 4) is 0 Å². The van der Waals surface area contributed by atoms with Crippen LogP contribution in [0.5, 0.6) is 0 Å². The Hall–Kier alpha value is -2.68. The zero-order chi connectivity index (χ0) is 15.4. The van der Waals surface area contributed by atoms with Gasteiger partial charge in [0.1, 0.15) is 0 Å². The molecule has 9 nitrogen and oxygen atoms in total. The summed E-state index contributed by atoms with van der Waals surface area (Å²) in [4.78, 5) is 22.6. The number of hydrogen-bond acceptors (Lipinski definition) is 5. The summed E-state index contributed by atoms with van der Waals surface area (Å²) < 4.78 is 0. The van der Waals surface area contributed by atoms with E-state index in [-0.39, 0.29) is 10.6 Å². The highest BCUT2D eigenvalue weighted by Crippen LogP contribution is 2.23. The molecular weight excluding hydrogens is 300 g/mol. The topological polar surface area (TPSA) is 133 Å². The predicted molar refractivity (Wildman–Crippen MR) is 73.2 cm³/mol. The van der Waals surface area contributed by atoms with E-state index in [1.807, 2.05) is 0 Å². The fourth-order valence-electron chi connectivity index (χ4n) is 1.52. The number of rotatable bonds is 4. The van der Waals surface area contributed by atoms with Gasteiger partial charge in [0.25, 0.3) is 0 Å². The van der Waals surface area contributed by atoms with Crippen LogP contribution in [0.1, 0.15) is 29.1 Å². The number of H-pyrrole nitrogens is 1. The van der Waals surface area contributed by atoms with Gasteiger partial charge in [-0.05, 0) is 25.1 Å². The summed E-state index contributed by atoms with van der Waals surface area (Å²) in [5, 5.41) is 27.2. The van der Waals surface area contributed by atoms with Crippen LogP contribution in [-0.4, -0.2) is 37.7 Å². The molecule has 1 atom stereocenters. The first-order chi connectivity index (χ1) is 9.97. The molecule has 2 aromatic rings. The Morgan fingerprint density at radius 1 is 1.43 bits per heavy atom. The zero-order valence-electron chi connectivity index (χ0n) is 10.8. The summed E-state index contributed by atoms with van der Waals surface area (Å²) in [6.45, 7) is 1.68. The number of aromatic amines is 1. The third-order valence-corrected chi connectivity index (χ3v) is 2.87. The van der Waals surface area contributed by atoms with Crippen LogP contribution in [-0.2, 0) is 0 Å². The van der Waals surface area contributed by atoms with E-state index in [1.54, 1.807) is 6.92 Å². The van der Waals surface area contributed by atoms with Crippen molar-refractivity contribution in [3.63, 3.8) is 0 Å². The minimum absolute atomic E-state index is 0.0334. The van der Waals surface area contributed by atoms with Gasteiger partial charge in [-0.3, -0.25) is 0 Å². The standard InChI is InChI=1S/C11H11ClN6O3/c1-5(9-15-17-18-16-9)13-11(21)14-8-3-2-6(10(19)20)4-7(8)12/h2-5H,1H3,(H,19,20)(H2,13,14,21)(H,15,16,17,18). The first-order valence-corrected chi connectivity index (χ1v) is 6.19. The first kappa shape index (κ1) is 14.7. The Morgan fingerprint density at radius 3 is 2.76 bits per heavy atom. The maximum Gasteiger partial charge on any atom is 0.335 e. The first-order valence-electron chi connectivity index (χ1n) is 5.81. The molecule has 0 aliphatic carbocycles. The van der Waals surface area contributed by atoms with Crippen LogP contribution in [0.3, 0.4) is 0 Å². The van der Waals surface area contributed by atoms with Gasteiger partial charge in [-0.15, -0.1) is 10.2 Å². The minimum Gasteiger partial charge on any atom is -0.478 e. The van der Waals surface area contributed by atoms with Crippen molar-refractivity contribution in [3.05, 3.63) is 34.6 Å². The Labute approximate surface area is 123 Å². The second-order valence-corrected chi connectivity index (χ2v) is 4.50. The van der Waals surface area contributed by atoms with Crippen molar-refractivity contribution in [1.82, 2.24) is 25.9 Å². The number of aromatic nitrogens is 4. The summed E-state index contributed by atoms with van der Waals surface area (Å²) in [6.07, 6.45) is 0. The SMILES string of the molecule is CC(NC(=O)Nc1ccc(C(=O)O)cc1Cl)c1nn[nH]n1.